The van der Waals surface area contributed by atoms with Crippen molar-refractivity contribution in [1.82, 2.24) is 19.4 Å². The summed E-state index contributed by atoms with van der Waals surface area (Å²) < 4.78 is 29.9. The summed E-state index contributed by atoms with van der Waals surface area (Å²) in [4.78, 5) is 2.58. The summed E-state index contributed by atoms with van der Waals surface area (Å²) in [5.41, 5.74) is 1.33. The van der Waals surface area contributed by atoms with E-state index < -0.39 is 10.0 Å². The van der Waals surface area contributed by atoms with E-state index >= 15 is 0 Å². The first-order valence-corrected chi connectivity index (χ1v) is 10.7. The molecule has 1 atom stereocenters. The van der Waals surface area contributed by atoms with Crippen LogP contribution in [0, 0.1) is 6.92 Å². The fraction of sp³-hybridized carbons (Fsp3) is 0.526. The molecule has 2 aromatic rings. The molecule has 0 aliphatic rings. The molecule has 0 saturated heterocycles. The van der Waals surface area contributed by atoms with Gasteiger partial charge in [0.2, 0.25) is 10.0 Å². The van der Waals surface area contributed by atoms with E-state index in [-0.39, 0.29) is 10.9 Å². The minimum atomic E-state index is -3.59. The average molecular weight is 379 g/mol. The molecule has 6 nitrogen and oxygen atoms in total. The van der Waals surface area contributed by atoms with Crippen molar-refractivity contribution < 1.29 is 8.42 Å². The number of aryl methyl sites for hydroxylation is 1. The van der Waals surface area contributed by atoms with E-state index in [0.717, 1.165) is 38.2 Å². The highest BCUT2D eigenvalue weighted by atomic mass is 32.2. The first kappa shape index (κ1) is 20.6. The van der Waals surface area contributed by atoms with E-state index in [1.807, 2.05) is 37.3 Å². The Kier molecular flexibility index (Phi) is 7.37. The topological polar surface area (TPSA) is 67.2 Å². The lowest BCUT2D eigenvalue weighted by atomic mass is 10.2. The van der Waals surface area contributed by atoms with Gasteiger partial charge in [-0.25, -0.2) is 17.8 Å². The zero-order valence-electron chi connectivity index (χ0n) is 16.1. The van der Waals surface area contributed by atoms with Crippen molar-refractivity contribution in [1.29, 1.82) is 0 Å². The molecule has 0 amide bonds. The van der Waals surface area contributed by atoms with Crippen LogP contribution in [0.4, 0.5) is 0 Å². The molecule has 1 aromatic heterocycles. The highest BCUT2D eigenvalue weighted by molar-refractivity contribution is 7.89. The van der Waals surface area contributed by atoms with Crippen molar-refractivity contribution in [3.8, 4) is 5.69 Å². The van der Waals surface area contributed by atoms with Gasteiger partial charge in [-0.3, -0.25) is 0 Å². The average Bonchev–Trinajstić information content (AvgIpc) is 3.02. The molecule has 0 saturated carbocycles. The van der Waals surface area contributed by atoms with Gasteiger partial charge in [-0.1, -0.05) is 32.0 Å². The summed E-state index contributed by atoms with van der Waals surface area (Å²) in [5, 5.41) is 4.35. The van der Waals surface area contributed by atoms with Gasteiger partial charge < -0.3 is 4.90 Å². The van der Waals surface area contributed by atoms with Gasteiger partial charge in [0.1, 0.15) is 4.90 Å². The zero-order valence-corrected chi connectivity index (χ0v) is 17.0. The summed E-state index contributed by atoms with van der Waals surface area (Å²) in [6, 6.07) is 9.39. The maximum Gasteiger partial charge on any atom is 0.244 e. The van der Waals surface area contributed by atoms with Gasteiger partial charge >= 0.3 is 0 Å². The lowest BCUT2D eigenvalue weighted by Crippen LogP contribution is -2.33. The SMILES string of the molecule is CCN(CC)CCCC(C)NS(=O)(=O)c1cn(-c2ccccc2)nc1C. The molecule has 1 unspecified atom stereocenters. The van der Waals surface area contributed by atoms with E-state index in [2.05, 4.69) is 28.6 Å². The number of nitrogens with one attached hydrogen (secondary N) is 1. The van der Waals surface area contributed by atoms with Crippen LogP contribution in [0.3, 0.4) is 0 Å². The Morgan fingerprint density at radius 1 is 1.19 bits per heavy atom. The minimum Gasteiger partial charge on any atom is -0.304 e. The highest BCUT2D eigenvalue weighted by Crippen LogP contribution is 2.17. The molecule has 0 bridgehead atoms. The normalized spacial score (nSPS) is 13.3. The number of aromatic nitrogens is 2. The highest BCUT2D eigenvalue weighted by Gasteiger charge is 2.22. The molecular weight excluding hydrogens is 348 g/mol. The van der Waals surface area contributed by atoms with Crippen LogP contribution in [0.5, 0.6) is 0 Å². The van der Waals surface area contributed by atoms with Crippen LogP contribution in [0.1, 0.15) is 39.3 Å². The second kappa shape index (κ2) is 9.30. The predicted molar refractivity (Wildman–Crippen MR) is 105 cm³/mol. The van der Waals surface area contributed by atoms with Crippen molar-refractivity contribution in [2.24, 2.45) is 0 Å². The fourth-order valence-electron chi connectivity index (χ4n) is 2.97. The minimum absolute atomic E-state index is 0.116. The van der Waals surface area contributed by atoms with Crippen LogP contribution in [0.2, 0.25) is 0 Å². The van der Waals surface area contributed by atoms with Gasteiger partial charge in [0.15, 0.2) is 0 Å². The molecule has 0 radical (unpaired) electrons. The molecule has 0 aliphatic heterocycles. The molecule has 1 N–H and O–H groups in total. The van der Waals surface area contributed by atoms with Gasteiger partial charge in [0.25, 0.3) is 0 Å². The summed E-state index contributed by atoms with van der Waals surface area (Å²) in [5.74, 6) is 0. The third-order valence-electron chi connectivity index (χ3n) is 4.53. The van der Waals surface area contributed by atoms with Crippen molar-refractivity contribution >= 4 is 10.0 Å². The van der Waals surface area contributed by atoms with Gasteiger partial charge in [-0.05, 0) is 58.5 Å². The van der Waals surface area contributed by atoms with E-state index in [0.29, 0.717) is 5.69 Å². The lowest BCUT2D eigenvalue weighted by Gasteiger charge is -2.19. The van der Waals surface area contributed by atoms with E-state index in [4.69, 9.17) is 0 Å². The van der Waals surface area contributed by atoms with E-state index in [1.165, 1.54) is 0 Å². The van der Waals surface area contributed by atoms with Crippen LogP contribution in [-0.2, 0) is 10.0 Å². The molecule has 26 heavy (non-hydrogen) atoms. The first-order valence-electron chi connectivity index (χ1n) is 9.23. The molecule has 2 rings (SSSR count). The Bertz CT molecular complexity index is 783. The number of benzene rings is 1. The largest absolute Gasteiger partial charge is 0.304 e. The van der Waals surface area contributed by atoms with Gasteiger partial charge in [0, 0.05) is 6.04 Å². The molecule has 0 spiro atoms. The molecule has 1 heterocycles. The number of hydrogen-bond donors (Lipinski definition) is 1. The Labute approximate surface area is 157 Å². The van der Waals surface area contributed by atoms with Crippen LogP contribution < -0.4 is 4.72 Å². The monoisotopic (exact) mass is 378 g/mol. The van der Waals surface area contributed by atoms with Gasteiger partial charge in [-0.15, -0.1) is 0 Å². The lowest BCUT2D eigenvalue weighted by molar-refractivity contribution is 0.293. The molecule has 7 heteroatoms. The summed E-state index contributed by atoms with van der Waals surface area (Å²) in [7, 11) is -3.59. The second-order valence-corrected chi connectivity index (χ2v) is 8.23. The fourth-order valence-corrected chi connectivity index (χ4v) is 4.41. The van der Waals surface area contributed by atoms with Crippen LogP contribution in [0.25, 0.3) is 5.69 Å². The van der Waals surface area contributed by atoms with Crippen molar-refractivity contribution in [3.05, 3.63) is 42.2 Å². The summed E-state index contributed by atoms with van der Waals surface area (Å²) >= 11 is 0. The number of para-hydroxylation sites is 1. The third-order valence-corrected chi connectivity index (χ3v) is 6.22. The molecule has 144 valence electrons. The summed E-state index contributed by atoms with van der Waals surface area (Å²) in [6.45, 7) is 11.0. The standard InChI is InChI=1S/C19H30N4O2S/c1-5-22(6-2)14-10-11-16(3)21-26(24,25)19-15-23(20-17(19)4)18-12-8-7-9-13-18/h7-9,12-13,15-16,21H,5-6,10-11,14H2,1-4H3. The van der Waals surface area contributed by atoms with Gasteiger partial charge in [0.05, 0.1) is 17.6 Å². The number of nitrogens with zero attached hydrogens (tertiary/aromatic N) is 3. The van der Waals surface area contributed by atoms with Crippen molar-refractivity contribution in [3.63, 3.8) is 0 Å². The number of rotatable bonds is 10. The number of hydrogen-bond acceptors (Lipinski definition) is 4. The molecular formula is C19H30N4O2S. The Balaban J connectivity index is 2.02. The third kappa shape index (κ3) is 5.40. The smallest absolute Gasteiger partial charge is 0.244 e. The second-order valence-electron chi connectivity index (χ2n) is 6.55. The zero-order chi connectivity index (χ0) is 19.2. The summed E-state index contributed by atoms with van der Waals surface area (Å²) in [6.07, 6.45) is 3.35. The van der Waals surface area contributed by atoms with Crippen LogP contribution in [-0.4, -0.2) is 48.8 Å². The Morgan fingerprint density at radius 2 is 1.85 bits per heavy atom. The van der Waals surface area contributed by atoms with E-state index in [1.54, 1.807) is 17.8 Å². The number of sulfonamides is 1. The quantitative estimate of drug-likeness (QED) is 0.690. The molecule has 0 fully saturated rings. The first-order chi connectivity index (χ1) is 12.4. The van der Waals surface area contributed by atoms with E-state index in [9.17, 15) is 8.42 Å². The van der Waals surface area contributed by atoms with Crippen LogP contribution >= 0.6 is 0 Å². The predicted octanol–water partition coefficient (Wildman–Crippen LogP) is 2.97. The van der Waals surface area contributed by atoms with Crippen molar-refractivity contribution in [2.45, 2.75) is 51.5 Å². The van der Waals surface area contributed by atoms with Gasteiger partial charge in [-0.2, -0.15) is 5.10 Å². The van der Waals surface area contributed by atoms with Crippen LogP contribution in [0.15, 0.2) is 41.4 Å². The maximum absolute atomic E-state index is 12.7. The maximum atomic E-state index is 12.7. The molecule has 0 aliphatic carbocycles. The molecule has 1 aromatic carbocycles. The van der Waals surface area contributed by atoms with Crippen molar-refractivity contribution in [2.75, 3.05) is 19.6 Å². The Hall–Kier alpha value is -1.70. The Morgan fingerprint density at radius 3 is 2.46 bits per heavy atom.